The van der Waals surface area contributed by atoms with Crippen LogP contribution in [0.3, 0.4) is 0 Å². The summed E-state index contributed by atoms with van der Waals surface area (Å²) >= 11 is 1.43. The second kappa shape index (κ2) is 6.68. The summed E-state index contributed by atoms with van der Waals surface area (Å²) in [5, 5.41) is 2.57. The Morgan fingerprint density at radius 3 is 2.65 bits per heavy atom. The highest BCUT2D eigenvalue weighted by molar-refractivity contribution is 7.09. The molecule has 1 heterocycles. The highest BCUT2D eigenvalue weighted by atomic mass is 32.1. The summed E-state index contributed by atoms with van der Waals surface area (Å²) in [4.78, 5) is 19.2. The Morgan fingerprint density at radius 1 is 1.43 bits per heavy atom. The lowest BCUT2D eigenvalue weighted by molar-refractivity contribution is 0.0971. The quantitative estimate of drug-likeness (QED) is 0.883. The van der Waals surface area contributed by atoms with Crippen molar-refractivity contribution in [2.24, 2.45) is 11.7 Å². The summed E-state index contributed by atoms with van der Waals surface area (Å²) in [6.07, 6.45) is 2.35. The standard InChI is InChI=1S/C17H21N3O2S/c1-11(12-3-4-12)20(13-5-7-14(22-2)8-6-13)17(21)15-10-23-16(9-18)19-15/h5-8,10-12H,3-4,9,18H2,1-2H3. The molecule has 0 spiro atoms. The maximum Gasteiger partial charge on any atom is 0.278 e. The van der Waals surface area contributed by atoms with E-state index in [0.717, 1.165) is 16.4 Å². The van der Waals surface area contributed by atoms with Crippen LogP contribution in [-0.2, 0) is 6.54 Å². The second-order valence-corrected chi connectivity index (χ2v) is 6.72. The van der Waals surface area contributed by atoms with Crippen molar-refractivity contribution in [3.63, 3.8) is 0 Å². The first-order chi connectivity index (χ1) is 11.1. The first kappa shape index (κ1) is 16.0. The van der Waals surface area contributed by atoms with Crippen LogP contribution in [0.2, 0.25) is 0 Å². The van der Waals surface area contributed by atoms with Crippen LogP contribution in [0.5, 0.6) is 5.75 Å². The van der Waals surface area contributed by atoms with E-state index in [-0.39, 0.29) is 11.9 Å². The number of methoxy groups -OCH3 is 1. The minimum atomic E-state index is -0.0643. The molecule has 23 heavy (non-hydrogen) atoms. The van der Waals surface area contributed by atoms with E-state index in [4.69, 9.17) is 10.5 Å². The predicted molar refractivity (Wildman–Crippen MR) is 92.0 cm³/mol. The number of amides is 1. The molecule has 2 N–H and O–H groups in total. The number of nitrogens with zero attached hydrogens (tertiary/aromatic N) is 2. The Labute approximate surface area is 140 Å². The van der Waals surface area contributed by atoms with Gasteiger partial charge < -0.3 is 15.4 Å². The maximum atomic E-state index is 13.0. The maximum absolute atomic E-state index is 13.0. The van der Waals surface area contributed by atoms with Crippen molar-refractivity contribution in [2.75, 3.05) is 12.0 Å². The highest BCUT2D eigenvalue weighted by Crippen LogP contribution is 2.38. The van der Waals surface area contributed by atoms with Gasteiger partial charge >= 0.3 is 0 Å². The molecule has 2 aromatic rings. The number of hydrogen-bond donors (Lipinski definition) is 1. The van der Waals surface area contributed by atoms with Crippen LogP contribution >= 0.6 is 11.3 Å². The molecule has 1 atom stereocenters. The second-order valence-electron chi connectivity index (χ2n) is 5.78. The third kappa shape index (κ3) is 3.38. The lowest BCUT2D eigenvalue weighted by Crippen LogP contribution is -2.40. The third-order valence-electron chi connectivity index (χ3n) is 4.23. The summed E-state index contributed by atoms with van der Waals surface area (Å²) in [5.41, 5.74) is 6.95. The van der Waals surface area contributed by atoms with Gasteiger partial charge in [0, 0.05) is 23.7 Å². The van der Waals surface area contributed by atoms with Crippen molar-refractivity contribution >= 4 is 22.9 Å². The number of ether oxygens (including phenoxy) is 1. The van der Waals surface area contributed by atoms with Crippen LogP contribution in [0, 0.1) is 5.92 Å². The number of carbonyl (C=O) groups excluding carboxylic acids is 1. The largest absolute Gasteiger partial charge is 0.497 e. The zero-order valence-electron chi connectivity index (χ0n) is 13.4. The van der Waals surface area contributed by atoms with Gasteiger partial charge in [0.1, 0.15) is 16.5 Å². The fraction of sp³-hybridized carbons (Fsp3) is 0.412. The van der Waals surface area contributed by atoms with Crippen molar-refractivity contribution in [1.82, 2.24) is 4.98 Å². The van der Waals surface area contributed by atoms with Crippen molar-refractivity contribution < 1.29 is 9.53 Å². The summed E-state index contributed by atoms with van der Waals surface area (Å²) in [6, 6.07) is 7.75. The number of carbonyl (C=O) groups is 1. The molecule has 0 aliphatic heterocycles. The van der Waals surface area contributed by atoms with Gasteiger partial charge in [0.15, 0.2) is 0 Å². The fourth-order valence-corrected chi connectivity index (χ4v) is 3.34. The third-order valence-corrected chi connectivity index (χ3v) is 5.10. The van der Waals surface area contributed by atoms with Crippen molar-refractivity contribution in [2.45, 2.75) is 32.4 Å². The lowest BCUT2D eigenvalue weighted by atomic mass is 10.1. The van der Waals surface area contributed by atoms with Gasteiger partial charge in [-0.1, -0.05) is 0 Å². The molecule has 0 radical (unpaired) electrons. The van der Waals surface area contributed by atoms with Gasteiger partial charge in [0.05, 0.1) is 7.11 Å². The first-order valence-corrected chi connectivity index (χ1v) is 8.64. The lowest BCUT2D eigenvalue weighted by Gasteiger charge is -2.29. The molecule has 0 saturated heterocycles. The highest BCUT2D eigenvalue weighted by Gasteiger charge is 2.36. The molecule has 1 unspecified atom stereocenters. The van der Waals surface area contributed by atoms with E-state index < -0.39 is 0 Å². The summed E-state index contributed by atoms with van der Waals surface area (Å²) < 4.78 is 5.20. The predicted octanol–water partition coefficient (Wildman–Crippen LogP) is 3.06. The van der Waals surface area contributed by atoms with Gasteiger partial charge in [0.2, 0.25) is 0 Å². The van der Waals surface area contributed by atoms with Crippen molar-refractivity contribution in [1.29, 1.82) is 0 Å². The fourth-order valence-electron chi connectivity index (χ4n) is 2.70. The molecule has 1 fully saturated rings. The monoisotopic (exact) mass is 331 g/mol. The smallest absolute Gasteiger partial charge is 0.278 e. The summed E-state index contributed by atoms with van der Waals surface area (Å²) in [5.74, 6) is 1.28. The molecule has 1 amide bonds. The molecule has 6 heteroatoms. The Balaban J connectivity index is 1.92. The normalized spacial score (nSPS) is 15.3. The van der Waals surface area contributed by atoms with Gasteiger partial charge in [0.25, 0.3) is 5.91 Å². The molecule has 1 aliphatic rings. The SMILES string of the molecule is COc1ccc(N(C(=O)c2csc(CN)n2)C(C)C2CC2)cc1. The van der Waals surface area contributed by atoms with E-state index >= 15 is 0 Å². The number of thiazole rings is 1. The van der Waals surface area contributed by atoms with Gasteiger partial charge in [-0.3, -0.25) is 4.79 Å². The number of rotatable bonds is 6. The van der Waals surface area contributed by atoms with Crippen molar-refractivity contribution in [3.05, 3.63) is 40.3 Å². The van der Waals surface area contributed by atoms with Crippen LogP contribution in [0.15, 0.2) is 29.6 Å². The van der Waals surface area contributed by atoms with E-state index in [0.29, 0.717) is 18.2 Å². The summed E-state index contributed by atoms with van der Waals surface area (Å²) in [7, 11) is 1.63. The molecular formula is C17H21N3O2S. The van der Waals surface area contributed by atoms with E-state index in [1.807, 2.05) is 29.2 Å². The van der Waals surface area contributed by atoms with Gasteiger partial charge in [-0.05, 0) is 49.9 Å². The molecule has 1 aromatic heterocycles. The summed E-state index contributed by atoms with van der Waals surface area (Å²) in [6.45, 7) is 2.47. The number of benzene rings is 1. The Bertz CT molecular complexity index is 679. The van der Waals surface area contributed by atoms with Gasteiger partial charge in [-0.2, -0.15) is 0 Å². The minimum absolute atomic E-state index is 0.0643. The average Bonchev–Trinajstić information content (AvgIpc) is 3.32. The van der Waals surface area contributed by atoms with E-state index in [2.05, 4.69) is 11.9 Å². The number of hydrogen-bond acceptors (Lipinski definition) is 5. The minimum Gasteiger partial charge on any atom is -0.497 e. The topological polar surface area (TPSA) is 68.5 Å². The first-order valence-electron chi connectivity index (χ1n) is 7.76. The molecule has 1 saturated carbocycles. The number of nitrogens with two attached hydrogens (primary N) is 1. The van der Waals surface area contributed by atoms with Gasteiger partial charge in [-0.15, -0.1) is 11.3 Å². The van der Waals surface area contributed by atoms with Gasteiger partial charge in [-0.25, -0.2) is 4.98 Å². The Kier molecular flexibility index (Phi) is 4.63. The zero-order valence-corrected chi connectivity index (χ0v) is 14.2. The molecule has 122 valence electrons. The molecule has 0 bridgehead atoms. The molecule has 1 aliphatic carbocycles. The Morgan fingerprint density at radius 2 is 2.13 bits per heavy atom. The van der Waals surface area contributed by atoms with E-state index in [1.54, 1.807) is 12.5 Å². The molecule has 1 aromatic carbocycles. The molecular weight excluding hydrogens is 310 g/mol. The van der Waals surface area contributed by atoms with E-state index in [1.165, 1.54) is 24.2 Å². The number of anilines is 1. The van der Waals surface area contributed by atoms with Crippen LogP contribution in [0.25, 0.3) is 0 Å². The van der Waals surface area contributed by atoms with Crippen LogP contribution in [0.4, 0.5) is 5.69 Å². The number of aromatic nitrogens is 1. The molecule has 3 rings (SSSR count). The Hall–Kier alpha value is -1.92. The molecule has 5 nitrogen and oxygen atoms in total. The zero-order chi connectivity index (χ0) is 16.4. The average molecular weight is 331 g/mol. The van der Waals surface area contributed by atoms with Crippen LogP contribution < -0.4 is 15.4 Å². The van der Waals surface area contributed by atoms with Crippen LogP contribution in [-0.4, -0.2) is 24.0 Å². The van der Waals surface area contributed by atoms with Crippen LogP contribution in [0.1, 0.15) is 35.3 Å². The van der Waals surface area contributed by atoms with E-state index in [9.17, 15) is 4.79 Å². The van der Waals surface area contributed by atoms with Crippen molar-refractivity contribution in [3.8, 4) is 5.75 Å².